The van der Waals surface area contributed by atoms with Gasteiger partial charge in [-0.25, -0.2) is 4.79 Å². The molecular formula is C19H28ClN5O2. The van der Waals surface area contributed by atoms with Crippen LogP contribution in [0.4, 0.5) is 10.5 Å². The summed E-state index contributed by atoms with van der Waals surface area (Å²) in [5, 5.41) is 10.7. The molecule has 8 heteroatoms. The Morgan fingerprint density at radius 3 is 2.70 bits per heavy atom. The molecule has 0 unspecified atom stereocenters. The van der Waals surface area contributed by atoms with Crippen molar-refractivity contribution in [1.29, 1.82) is 5.41 Å². The quantitative estimate of drug-likeness (QED) is 0.687. The summed E-state index contributed by atoms with van der Waals surface area (Å²) in [7, 11) is 0. The molecule has 1 saturated heterocycles. The summed E-state index contributed by atoms with van der Waals surface area (Å²) in [6, 6.07) is 3.63. The minimum Gasteiger partial charge on any atom is -0.443 e. The first-order valence-electron chi connectivity index (χ1n) is 9.10. The number of hydrogen-bond acceptors (Lipinski definition) is 6. The van der Waals surface area contributed by atoms with E-state index in [0.29, 0.717) is 13.1 Å². The summed E-state index contributed by atoms with van der Waals surface area (Å²) in [5.41, 5.74) is 0.352. The molecule has 1 fully saturated rings. The van der Waals surface area contributed by atoms with Gasteiger partial charge in [0, 0.05) is 25.5 Å². The molecule has 0 bridgehead atoms. The smallest absolute Gasteiger partial charge is 0.414 e. The lowest BCUT2D eigenvalue weighted by Gasteiger charge is -2.29. The van der Waals surface area contributed by atoms with Crippen LogP contribution in [-0.2, 0) is 4.74 Å². The number of pyridine rings is 1. The summed E-state index contributed by atoms with van der Waals surface area (Å²) in [4.78, 5) is 20.5. The molecule has 148 valence electrons. The van der Waals surface area contributed by atoms with Crippen LogP contribution >= 0.6 is 11.6 Å². The van der Waals surface area contributed by atoms with E-state index < -0.39 is 11.7 Å². The maximum atomic E-state index is 12.8. The largest absolute Gasteiger partial charge is 0.443 e. The molecule has 1 amide bonds. The normalized spacial score (nSPS) is 15.5. The lowest BCUT2D eigenvalue weighted by atomic mass is 10.2. The van der Waals surface area contributed by atoms with Crippen molar-refractivity contribution in [2.75, 3.05) is 31.5 Å². The molecule has 27 heavy (non-hydrogen) atoms. The molecule has 2 heterocycles. The van der Waals surface area contributed by atoms with Gasteiger partial charge in [0.25, 0.3) is 0 Å². The van der Waals surface area contributed by atoms with Gasteiger partial charge in [0.05, 0.1) is 17.6 Å². The standard InChI is InChI=1S/C19H28ClN5O2/c1-19(2,3)27-18(26)25(12-11-24-9-4-5-10-24)16(17(20)21)14-23-15-7-6-8-22-13-15/h6-8,13-14,21,23H,4-5,9-12H2,1-3H3/b16-14+,21-17?. The first-order chi connectivity index (χ1) is 12.8. The highest BCUT2D eigenvalue weighted by molar-refractivity contribution is 6.68. The number of carbonyl (C=O) groups excluding carboxylic acids is 1. The average Bonchev–Trinajstić information content (AvgIpc) is 3.10. The van der Waals surface area contributed by atoms with E-state index in [9.17, 15) is 4.79 Å². The van der Waals surface area contributed by atoms with Gasteiger partial charge in [0.15, 0.2) is 0 Å². The van der Waals surface area contributed by atoms with Crippen LogP contribution in [0.1, 0.15) is 33.6 Å². The molecule has 1 aromatic rings. The molecule has 0 atom stereocenters. The number of amides is 1. The lowest BCUT2D eigenvalue weighted by molar-refractivity contribution is 0.0313. The van der Waals surface area contributed by atoms with Crippen molar-refractivity contribution in [3.05, 3.63) is 36.4 Å². The predicted octanol–water partition coefficient (Wildman–Crippen LogP) is 3.88. The summed E-state index contributed by atoms with van der Waals surface area (Å²) in [6.07, 6.45) is 6.68. The van der Waals surface area contributed by atoms with Crippen LogP contribution in [0.2, 0.25) is 0 Å². The van der Waals surface area contributed by atoms with Gasteiger partial charge in [-0.3, -0.25) is 15.3 Å². The van der Waals surface area contributed by atoms with Crippen molar-refractivity contribution in [3.63, 3.8) is 0 Å². The molecule has 0 radical (unpaired) electrons. The Morgan fingerprint density at radius 2 is 2.15 bits per heavy atom. The Bertz CT molecular complexity index is 666. The number of likely N-dealkylation sites (tertiary alicyclic amines) is 1. The minimum atomic E-state index is -0.640. The van der Waals surface area contributed by atoms with Crippen LogP contribution in [0, 0.1) is 5.41 Å². The van der Waals surface area contributed by atoms with Gasteiger partial charge < -0.3 is 15.0 Å². The SMILES string of the molecule is CC(C)(C)OC(=O)N(CCN1CCCC1)/C(=C/Nc1cccnc1)C(=N)Cl. The number of carbonyl (C=O) groups is 1. The number of allylic oxidation sites excluding steroid dienone is 1. The van der Waals surface area contributed by atoms with E-state index in [-0.39, 0.29) is 10.9 Å². The summed E-state index contributed by atoms with van der Waals surface area (Å²) in [5.74, 6) is 0. The van der Waals surface area contributed by atoms with Crippen molar-refractivity contribution in [2.24, 2.45) is 0 Å². The summed E-state index contributed by atoms with van der Waals surface area (Å²) < 4.78 is 5.53. The van der Waals surface area contributed by atoms with E-state index in [1.165, 1.54) is 17.7 Å². The molecule has 1 aliphatic rings. The number of aromatic nitrogens is 1. The second kappa shape index (κ2) is 9.71. The average molecular weight is 394 g/mol. The van der Waals surface area contributed by atoms with Gasteiger partial charge in [-0.1, -0.05) is 11.6 Å². The van der Waals surface area contributed by atoms with Crippen molar-refractivity contribution in [3.8, 4) is 0 Å². The van der Waals surface area contributed by atoms with Crippen molar-refractivity contribution in [1.82, 2.24) is 14.8 Å². The molecule has 0 aromatic carbocycles. The van der Waals surface area contributed by atoms with Gasteiger partial charge in [0.1, 0.15) is 10.8 Å². The molecule has 0 saturated carbocycles. The van der Waals surface area contributed by atoms with Crippen molar-refractivity contribution >= 4 is 28.6 Å². The first kappa shape index (κ1) is 21.2. The van der Waals surface area contributed by atoms with Crippen molar-refractivity contribution < 1.29 is 9.53 Å². The molecule has 7 nitrogen and oxygen atoms in total. The zero-order chi connectivity index (χ0) is 19.9. The number of rotatable bonds is 7. The predicted molar refractivity (Wildman–Crippen MR) is 108 cm³/mol. The maximum Gasteiger partial charge on any atom is 0.414 e. The highest BCUT2D eigenvalue weighted by atomic mass is 35.5. The third-order valence-electron chi connectivity index (χ3n) is 4.01. The third kappa shape index (κ3) is 7.19. The zero-order valence-electron chi connectivity index (χ0n) is 16.2. The number of ether oxygens (including phenoxy) is 1. The van der Waals surface area contributed by atoms with Gasteiger partial charge in [-0.15, -0.1) is 0 Å². The van der Waals surface area contributed by atoms with Gasteiger partial charge in [-0.05, 0) is 58.8 Å². The number of halogens is 1. The van der Waals surface area contributed by atoms with Crippen LogP contribution in [-0.4, -0.2) is 57.8 Å². The Hall–Kier alpha value is -2.12. The molecule has 2 N–H and O–H groups in total. The van der Waals surface area contributed by atoms with E-state index in [4.69, 9.17) is 21.7 Å². The van der Waals surface area contributed by atoms with E-state index in [2.05, 4.69) is 15.2 Å². The van der Waals surface area contributed by atoms with Crippen LogP contribution in [0.3, 0.4) is 0 Å². The van der Waals surface area contributed by atoms with Crippen molar-refractivity contribution in [2.45, 2.75) is 39.2 Å². The fourth-order valence-corrected chi connectivity index (χ4v) is 2.89. The van der Waals surface area contributed by atoms with Crippen LogP contribution in [0.5, 0.6) is 0 Å². The number of hydrogen-bond donors (Lipinski definition) is 2. The van der Waals surface area contributed by atoms with Gasteiger partial charge in [0.2, 0.25) is 0 Å². The molecule has 1 aromatic heterocycles. The van der Waals surface area contributed by atoms with Crippen LogP contribution < -0.4 is 5.32 Å². The first-order valence-corrected chi connectivity index (χ1v) is 9.48. The molecule has 0 spiro atoms. The third-order valence-corrected chi connectivity index (χ3v) is 4.20. The second-order valence-corrected chi connectivity index (χ2v) is 7.79. The second-order valence-electron chi connectivity index (χ2n) is 7.41. The maximum absolute atomic E-state index is 12.8. The summed E-state index contributed by atoms with van der Waals surface area (Å²) >= 11 is 6.01. The molecule has 2 rings (SSSR count). The number of anilines is 1. The van der Waals surface area contributed by atoms with Gasteiger partial charge in [-0.2, -0.15) is 0 Å². The van der Waals surface area contributed by atoms with Crippen LogP contribution in [0.15, 0.2) is 36.4 Å². The Labute approximate surface area is 165 Å². The Balaban J connectivity index is 2.19. The monoisotopic (exact) mass is 393 g/mol. The molecule has 0 aliphatic carbocycles. The van der Waals surface area contributed by atoms with Crippen LogP contribution in [0.25, 0.3) is 0 Å². The van der Waals surface area contributed by atoms with E-state index in [1.807, 2.05) is 26.8 Å². The van der Waals surface area contributed by atoms with E-state index in [0.717, 1.165) is 18.8 Å². The highest BCUT2D eigenvalue weighted by Gasteiger charge is 2.27. The minimum absolute atomic E-state index is 0.237. The highest BCUT2D eigenvalue weighted by Crippen LogP contribution is 2.17. The zero-order valence-corrected chi connectivity index (χ0v) is 16.9. The Morgan fingerprint density at radius 1 is 1.44 bits per heavy atom. The lowest BCUT2D eigenvalue weighted by Crippen LogP contribution is -2.41. The van der Waals surface area contributed by atoms with Gasteiger partial charge >= 0.3 is 6.09 Å². The fourth-order valence-electron chi connectivity index (χ4n) is 2.73. The molecule has 1 aliphatic heterocycles. The number of nitrogens with zero attached hydrogens (tertiary/aromatic N) is 3. The molecular weight excluding hydrogens is 366 g/mol. The van der Waals surface area contributed by atoms with E-state index in [1.54, 1.807) is 24.7 Å². The Kier molecular flexibility index (Phi) is 7.62. The van der Waals surface area contributed by atoms with E-state index >= 15 is 0 Å². The topological polar surface area (TPSA) is 81.6 Å². The number of nitrogens with one attached hydrogen (secondary N) is 2. The summed E-state index contributed by atoms with van der Waals surface area (Å²) in [6.45, 7) is 8.58. The fraction of sp³-hybridized carbons (Fsp3) is 0.526.